The number of nitrogens with zero attached hydrogens (tertiary/aromatic N) is 2. The summed E-state index contributed by atoms with van der Waals surface area (Å²) in [6.07, 6.45) is 37.9. The molecule has 2 nitrogen and oxygen atoms in total. The van der Waals surface area contributed by atoms with Gasteiger partial charge in [0.05, 0.1) is 0 Å². The van der Waals surface area contributed by atoms with E-state index in [0.717, 1.165) is 0 Å². The standard InChI is InChI=1S/C33H64N2/c1-5-8-11-13-14-15-16-17-18-19-20-21-22-25-28-32(27-23-10-7-3)33-34-29-30-35(33)31(4)26-24-12-9-6-2/h29-32H,5-28H2,1-4H3. The van der Waals surface area contributed by atoms with E-state index in [1.807, 2.05) is 0 Å². The molecule has 0 spiro atoms. The molecule has 0 bridgehead atoms. The number of aromatic nitrogens is 2. The van der Waals surface area contributed by atoms with Crippen molar-refractivity contribution in [2.75, 3.05) is 0 Å². The molecular formula is C33H64N2. The molecule has 35 heavy (non-hydrogen) atoms. The second-order valence-corrected chi connectivity index (χ2v) is 11.5. The van der Waals surface area contributed by atoms with Crippen LogP contribution in [-0.2, 0) is 0 Å². The normalized spacial score (nSPS) is 13.4. The van der Waals surface area contributed by atoms with Gasteiger partial charge in [0.2, 0.25) is 0 Å². The minimum absolute atomic E-state index is 0.592. The van der Waals surface area contributed by atoms with E-state index in [2.05, 4.69) is 44.7 Å². The second kappa shape index (κ2) is 23.6. The van der Waals surface area contributed by atoms with Crippen molar-refractivity contribution in [1.29, 1.82) is 0 Å². The Morgan fingerprint density at radius 2 is 0.914 bits per heavy atom. The van der Waals surface area contributed by atoms with Crippen molar-refractivity contribution in [3.05, 3.63) is 18.2 Å². The van der Waals surface area contributed by atoms with E-state index in [-0.39, 0.29) is 0 Å². The van der Waals surface area contributed by atoms with Crippen molar-refractivity contribution in [1.82, 2.24) is 9.55 Å². The van der Waals surface area contributed by atoms with Gasteiger partial charge in [0.15, 0.2) is 0 Å². The Labute approximate surface area is 221 Å². The Morgan fingerprint density at radius 3 is 1.43 bits per heavy atom. The van der Waals surface area contributed by atoms with Gasteiger partial charge in [-0.25, -0.2) is 4.98 Å². The van der Waals surface area contributed by atoms with Gasteiger partial charge >= 0.3 is 0 Å². The summed E-state index contributed by atoms with van der Waals surface area (Å²) in [6, 6.07) is 0.592. The lowest BCUT2D eigenvalue weighted by Gasteiger charge is -2.22. The highest BCUT2D eigenvalue weighted by Gasteiger charge is 2.19. The molecule has 2 heteroatoms. The molecule has 0 N–H and O–H groups in total. The van der Waals surface area contributed by atoms with Crippen LogP contribution in [0.15, 0.2) is 12.4 Å². The van der Waals surface area contributed by atoms with Gasteiger partial charge in [0, 0.05) is 24.4 Å². The van der Waals surface area contributed by atoms with E-state index >= 15 is 0 Å². The molecular weight excluding hydrogens is 424 g/mol. The number of imidazole rings is 1. The molecule has 2 unspecified atom stereocenters. The second-order valence-electron chi connectivity index (χ2n) is 11.5. The molecule has 0 amide bonds. The van der Waals surface area contributed by atoms with E-state index < -0.39 is 0 Å². The quantitative estimate of drug-likeness (QED) is 0.118. The molecule has 0 aromatic carbocycles. The molecule has 0 aliphatic carbocycles. The van der Waals surface area contributed by atoms with Crippen LogP contribution in [0, 0.1) is 0 Å². The van der Waals surface area contributed by atoms with Crippen molar-refractivity contribution in [2.45, 2.75) is 194 Å². The maximum Gasteiger partial charge on any atom is 0.111 e. The molecule has 1 heterocycles. The van der Waals surface area contributed by atoms with Crippen LogP contribution in [0.3, 0.4) is 0 Å². The van der Waals surface area contributed by atoms with Crippen molar-refractivity contribution in [2.24, 2.45) is 0 Å². The minimum atomic E-state index is 0.592. The Bertz CT molecular complexity index is 549. The van der Waals surface area contributed by atoms with Gasteiger partial charge in [-0.1, -0.05) is 156 Å². The zero-order valence-electron chi connectivity index (χ0n) is 24.7. The molecule has 0 fully saturated rings. The van der Waals surface area contributed by atoms with Gasteiger partial charge in [-0.05, 0) is 26.2 Å². The molecule has 1 aromatic heterocycles. The Hall–Kier alpha value is -0.790. The van der Waals surface area contributed by atoms with Crippen LogP contribution in [-0.4, -0.2) is 9.55 Å². The summed E-state index contributed by atoms with van der Waals surface area (Å²) in [5.41, 5.74) is 0. The molecule has 0 aliphatic heterocycles. The summed E-state index contributed by atoms with van der Waals surface area (Å²) in [7, 11) is 0. The topological polar surface area (TPSA) is 17.8 Å². The molecule has 1 aromatic rings. The fourth-order valence-electron chi connectivity index (χ4n) is 5.65. The third kappa shape index (κ3) is 16.6. The third-order valence-corrected chi connectivity index (χ3v) is 8.08. The van der Waals surface area contributed by atoms with E-state index in [4.69, 9.17) is 4.98 Å². The van der Waals surface area contributed by atoms with E-state index in [9.17, 15) is 0 Å². The number of rotatable bonds is 26. The first-order valence-corrected chi connectivity index (χ1v) is 16.3. The van der Waals surface area contributed by atoms with Crippen LogP contribution in [0.5, 0.6) is 0 Å². The summed E-state index contributed by atoms with van der Waals surface area (Å²) in [5.74, 6) is 2.05. The fraction of sp³-hybridized carbons (Fsp3) is 0.909. The Balaban J connectivity index is 2.26. The highest BCUT2D eigenvalue weighted by Crippen LogP contribution is 2.30. The van der Waals surface area contributed by atoms with E-state index in [1.54, 1.807) is 0 Å². The molecule has 0 saturated carbocycles. The summed E-state index contributed by atoms with van der Waals surface area (Å²) >= 11 is 0. The van der Waals surface area contributed by atoms with Crippen molar-refractivity contribution in [3.8, 4) is 0 Å². The van der Waals surface area contributed by atoms with Gasteiger partial charge in [0.25, 0.3) is 0 Å². The van der Waals surface area contributed by atoms with Crippen molar-refractivity contribution >= 4 is 0 Å². The highest BCUT2D eigenvalue weighted by molar-refractivity contribution is 5.02. The monoisotopic (exact) mass is 489 g/mol. The van der Waals surface area contributed by atoms with Gasteiger partial charge in [-0.15, -0.1) is 0 Å². The molecule has 0 saturated heterocycles. The van der Waals surface area contributed by atoms with Gasteiger partial charge in [-0.3, -0.25) is 0 Å². The summed E-state index contributed by atoms with van der Waals surface area (Å²) in [4.78, 5) is 4.91. The summed E-state index contributed by atoms with van der Waals surface area (Å²) in [5, 5.41) is 0. The lowest BCUT2D eigenvalue weighted by molar-refractivity contribution is 0.415. The maximum absolute atomic E-state index is 4.91. The van der Waals surface area contributed by atoms with Crippen molar-refractivity contribution in [3.63, 3.8) is 0 Å². The molecule has 1 rings (SSSR count). The molecule has 0 aliphatic rings. The van der Waals surface area contributed by atoms with E-state index in [1.165, 1.54) is 160 Å². The minimum Gasteiger partial charge on any atom is -0.332 e. The average Bonchev–Trinajstić information content (AvgIpc) is 3.35. The Kier molecular flexibility index (Phi) is 21.7. The SMILES string of the molecule is CCCCCCCCCCCCCCCCC(CCCCC)c1nccn1C(C)CCCCCC. The third-order valence-electron chi connectivity index (χ3n) is 8.08. The van der Waals surface area contributed by atoms with Crippen LogP contribution in [0.4, 0.5) is 0 Å². The first-order valence-electron chi connectivity index (χ1n) is 16.3. The van der Waals surface area contributed by atoms with Crippen LogP contribution < -0.4 is 0 Å². The molecule has 2 atom stereocenters. The van der Waals surface area contributed by atoms with Gasteiger partial charge in [-0.2, -0.15) is 0 Å². The molecule has 0 radical (unpaired) electrons. The van der Waals surface area contributed by atoms with Gasteiger partial charge < -0.3 is 4.57 Å². The summed E-state index contributed by atoms with van der Waals surface area (Å²) < 4.78 is 2.53. The van der Waals surface area contributed by atoms with Crippen LogP contribution in [0.2, 0.25) is 0 Å². The van der Waals surface area contributed by atoms with Crippen LogP contribution >= 0.6 is 0 Å². The van der Waals surface area contributed by atoms with Crippen LogP contribution in [0.25, 0.3) is 0 Å². The predicted octanol–water partition coefficient (Wildman–Crippen LogP) is 11.9. The highest BCUT2D eigenvalue weighted by atomic mass is 15.1. The largest absolute Gasteiger partial charge is 0.332 e. The molecule has 206 valence electrons. The van der Waals surface area contributed by atoms with Crippen molar-refractivity contribution < 1.29 is 0 Å². The number of hydrogen-bond donors (Lipinski definition) is 0. The van der Waals surface area contributed by atoms with Crippen LogP contribution in [0.1, 0.15) is 200 Å². The lowest BCUT2D eigenvalue weighted by Crippen LogP contribution is -2.13. The lowest BCUT2D eigenvalue weighted by atomic mass is 9.93. The maximum atomic E-state index is 4.91. The first-order chi connectivity index (χ1) is 17.2. The smallest absolute Gasteiger partial charge is 0.111 e. The predicted molar refractivity (Wildman–Crippen MR) is 158 cm³/mol. The van der Waals surface area contributed by atoms with Gasteiger partial charge in [0.1, 0.15) is 5.82 Å². The van der Waals surface area contributed by atoms with E-state index in [0.29, 0.717) is 12.0 Å². The summed E-state index contributed by atoms with van der Waals surface area (Å²) in [6.45, 7) is 9.34. The first kappa shape index (κ1) is 32.2. The fourth-order valence-corrected chi connectivity index (χ4v) is 5.65. The number of hydrogen-bond acceptors (Lipinski definition) is 1. The zero-order chi connectivity index (χ0) is 25.4. The Morgan fingerprint density at radius 1 is 0.543 bits per heavy atom. The average molecular weight is 489 g/mol. The zero-order valence-corrected chi connectivity index (χ0v) is 24.7. The number of unbranched alkanes of at least 4 members (excludes halogenated alkanes) is 18.